The molecule has 2 aliphatic rings. The smallest absolute Gasteiger partial charge is 0.240 e. The lowest BCUT2D eigenvalue weighted by Gasteiger charge is -2.24. The van der Waals surface area contributed by atoms with E-state index in [9.17, 15) is 13.2 Å². The largest absolute Gasteiger partial charge is 0.338 e. The number of hydrogen-bond donors (Lipinski definition) is 2. The molecule has 1 saturated heterocycles. The zero-order chi connectivity index (χ0) is 17.9. The number of amides is 1. The molecule has 1 aliphatic heterocycles. The SMILES string of the molecule is CNCC1CCCN1C(=O)CCc1ccc(S(=O)(=O)NC2CC2)cc1.Cl. The summed E-state index contributed by atoms with van der Waals surface area (Å²) in [6.07, 6.45) is 5.07. The van der Waals surface area contributed by atoms with Gasteiger partial charge in [-0.3, -0.25) is 4.79 Å². The van der Waals surface area contributed by atoms with Crippen LogP contribution in [0.25, 0.3) is 0 Å². The van der Waals surface area contributed by atoms with E-state index in [2.05, 4.69) is 10.0 Å². The van der Waals surface area contributed by atoms with E-state index in [4.69, 9.17) is 0 Å². The van der Waals surface area contributed by atoms with E-state index in [1.807, 2.05) is 24.1 Å². The highest BCUT2D eigenvalue weighted by Gasteiger charge is 2.28. The number of halogens is 1. The first-order chi connectivity index (χ1) is 12.0. The Morgan fingerprint density at radius 3 is 2.50 bits per heavy atom. The van der Waals surface area contributed by atoms with Crippen molar-refractivity contribution in [3.05, 3.63) is 29.8 Å². The second kappa shape index (κ2) is 9.17. The number of likely N-dealkylation sites (tertiary alicyclic amines) is 1. The van der Waals surface area contributed by atoms with Crippen LogP contribution in [-0.4, -0.2) is 51.4 Å². The highest BCUT2D eigenvalue weighted by atomic mass is 35.5. The second-order valence-electron chi connectivity index (χ2n) is 6.98. The van der Waals surface area contributed by atoms with Gasteiger partial charge in [0.25, 0.3) is 0 Å². The van der Waals surface area contributed by atoms with Gasteiger partial charge in [-0.1, -0.05) is 12.1 Å². The van der Waals surface area contributed by atoms with Gasteiger partial charge in [-0.25, -0.2) is 13.1 Å². The number of sulfonamides is 1. The first-order valence-corrected chi connectivity index (χ1v) is 10.5. The van der Waals surface area contributed by atoms with Gasteiger partial charge in [0.05, 0.1) is 4.90 Å². The summed E-state index contributed by atoms with van der Waals surface area (Å²) in [4.78, 5) is 14.7. The van der Waals surface area contributed by atoms with E-state index in [0.29, 0.717) is 23.8 Å². The highest BCUT2D eigenvalue weighted by Crippen LogP contribution is 2.23. The van der Waals surface area contributed by atoms with Crippen molar-refractivity contribution in [2.45, 2.75) is 55.5 Å². The molecule has 146 valence electrons. The molecule has 1 unspecified atom stereocenters. The summed E-state index contributed by atoms with van der Waals surface area (Å²) < 4.78 is 27.0. The number of carbonyl (C=O) groups excluding carboxylic acids is 1. The Balaban J connectivity index is 0.00000243. The topological polar surface area (TPSA) is 78.5 Å². The predicted molar refractivity (Wildman–Crippen MR) is 104 cm³/mol. The first-order valence-electron chi connectivity index (χ1n) is 9.05. The predicted octanol–water partition coefficient (Wildman–Crippen LogP) is 1.69. The molecule has 1 atom stereocenters. The van der Waals surface area contributed by atoms with Crippen molar-refractivity contribution in [2.75, 3.05) is 20.1 Å². The van der Waals surface area contributed by atoms with Crippen LogP contribution in [0.5, 0.6) is 0 Å². The average Bonchev–Trinajstić information content (AvgIpc) is 3.27. The van der Waals surface area contributed by atoms with Gasteiger partial charge in [0, 0.05) is 31.6 Å². The Hall–Kier alpha value is -1.15. The van der Waals surface area contributed by atoms with E-state index < -0.39 is 10.0 Å². The van der Waals surface area contributed by atoms with Crippen LogP contribution < -0.4 is 10.0 Å². The summed E-state index contributed by atoms with van der Waals surface area (Å²) in [5.41, 5.74) is 0.989. The normalized spacial score (nSPS) is 20.0. The van der Waals surface area contributed by atoms with Gasteiger partial charge in [0.2, 0.25) is 15.9 Å². The standard InChI is InChI=1S/C18H27N3O3S.ClH/c1-19-13-16-3-2-12-21(16)18(22)11-6-14-4-9-17(10-5-14)25(23,24)20-15-7-8-15;/h4-5,9-10,15-16,19-20H,2-3,6-8,11-13H2,1H3;1H. The van der Waals surface area contributed by atoms with Crippen molar-refractivity contribution >= 4 is 28.3 Å². The molecule has 6 nitrogen and oxygen atoms in total. The number of rotatable bonds is 8. The van der Waals surface area contributed by atoms with Crippen LogP contribution >= 0.6 is 12.4 Å². The molecule has 0 aromatic heterocycles. The van der Waals surface area contributed by atoms with E-state index >= 15 is 0 Å². The lowest BCUT2D eigenvalue weighted by molar-refractivity contribution is -0.131. The molecule has 0 spiro atoms. The fraction of sp³-hybridized carbons (Fsp3) is 0.611. The summed E-state index contributed by atoms with van der Waals surface area (Å²) in [6.45, 7) is 1.68. The zero-order valence-electron chi connectivity index (χ0n) is 15.1. The molecule has 1 amide bonds. The minimum atomic E-state index is -3.40. The fourth-order valence-electron chi connectivity index (χ4n) is 3.33. The Morgan fingerprint density at radius 2 is 1.88 bits per heavy atom. The molecule has 1 saturated carbocycles. The molecule has 0 bridgehead atoms. The molecule has 26 heavy (non-hydrogen) atoms. The monoisotopic (exact) mass is 401 g/mol. The van der Waals surface area contributed by atoms with Crippen LogP contribution in [0, 0.1) is 0 Å². The van der Waals surface area contributed by atoms with E-state index in [-0.39, 0.29) is 24.4 Å². The molecule has 8 heteroatoms. The third-order valence-electron chi connectivity index (χ3n) is 4.90. The van der Waals surface area contributed by atoms with Gasteiger partial charge in [0.15, 0.2) is 0 Å². The Kier molecular flexibility index (Phi) is 7.46. The zero-order valence-corrected chi connectivity index (χ0v) is 16.7. The van der Waals surface area contributed by atoms with Crippen LogP contribution in [0.2, 0.25) is 0 Å². The molecule has 1 aromatic carbocycles. The van der Waals surface area contributed by atoms with E-state index in [1.165, 1.54) is 0 Å². The van der Waals surface area contributed by atoms with E-state index in [0.717, 1.165) is 44.3 Å². The number of likely N-dealkylation sites (N-methyl/N-ethyl adjacent to an activating group) is 1. The maximum atomic E-state index is 12.5. The third kappa shape index (κ3) is 5.42. The fourth-order valence-corrected chi connectivity index (χ4v) is 4.64. The Bertz CT molecular complexity index is 705. The first kappa shape index (κ1) is 21.2. The lowest BCUT2D eigenvalue weighted by Crippen LogP contribution is -2.40. The summed E-state index contributed by atoms with van der Waals surface area (Å²) in [5, 5.41) is 3.15. The molecule has 1 aromatic rings. The number of carbonyl (C=O) groups is 1. The average molecular weight is 402 g/mol. The van der Waals surface area contributed by atoms with Crippen molar-refractivity contribution in [3.63, 3.8) is 0 Å². The molecular weight excluding hydrogens is 374 g/mol. The molecule has 1 aliphatic carbocycles. The molecular formula is C18H28ClN3O3S. The van der Waals surface area contributed by atoms with Crippen molar-refractivity contribution in [1.29, 1.82) is 0 Å². The maximum absolute atomic E-state index is 12.5. The van der Waals surface area contributed by atoms with E-state index in [1.54, 1.807) is 12.1 Å². The second-order valence-corrected chi connectivity index (χ2v) is 8.69. The van der Waals surface area contributed by atoms with Crippen LogP contribution in [0.3, 0.4) is 0 Å². The molecule has 2 fully saturated rings. The van der Waals surface area contributed by atoms with Crippen molar-refractivity contribution in [3.8, 4) is 0 Å². The Morgan fingerprint density at radius 1 is 1.19 bits per heavy atom. The summed E-state index contributed by atoms with van der Waals surface area (Å²) >= 11 is 0. The van der Waals surface area contributed by atoms with Crippen molar-refractivity contribution < 1.29 is 13.2 Å². The van der Waals surface area contributed by atoms with Crippen LogP contribution in [0.1, 0.15) is 37.7 Å². The van der Waals surface area contributed by atoms with Gasteiger partial charge < -0.3 is 10.2 Å². The van der Waals surface area contributed by atoms with Crippen molar-refractivity contribution in [2.24, 2.45) is 0 Å². The third-order valence-corrected chi connectivity index (χ3v) is 6.43. The number of benzene rings is 1. The summed E-state index contributed by atoms with van der Waals surface area (Å²) in [6, 6.07) is 7.29. The summed E-state index contributed by atoms with van der Waals surface area (Å²) in [5.74, 6) is 0.185. The molecule has 2 N–H and O–H groups in total. The highest BCUT2D eigenvalue weighted by molar-refractivity contribution is 7.89. The quantitative estimate of drug-likeness (QED) is 0.694. The molecule has 3 rings (SSSR count). The van der Waals surface area contributed by atoms with Gasteiger partial charge in [-0.15, -0.1) is 12.4 Å². The van der Waals surface area contributed by atoms with Gasteiger partial charge in [-0.2, -0.15) is 0 Å². The molecule has 1 heterocycles. The van der Waals surface area contributed by atoms with Crippen LogP contribution in [-0.2, 0) is 21.2 Å². The van der Waals surface area contributed by atoms with Crippen LogP contribution in [0.15, 0.2) is 29.2 Å². The van der Waals surface area contributed by atoms with Crippen molar-refractivity contribution in [1.82, 2.24) is 14.9 Å². The lowest BCUT2D eigenvalue weighted by atomic mass is 10.1. The van der Waals surface area contributed by atoms with Crippen LogP contribution in [0.4, 0.5) is 0 Å². The maximum Gasteiger partial charge on any atom is 0.240 e. The van der Waals surface area contributed by atoms with Gasteiger partial charge in [0.1, 0.15) is 0 Å². The minimum Gasteiger partial charge on any atom is -0.338 e. The number of hydrogen-bond acceptors (Lipinski definition) is 4. The Labute approximate surface area is 162 Å². The number of nitrogens with zero attached hydrogens (tertiary/aromatic N) is 1. The summed E-state index contributed by atoms with van der Waals surface area (Å²) in [7, 11) is -1.49. The number of aryl methyl sites for hydroxylation is 1. The number of nitrogens with one attached hydrogen (secondary N) is 2. The molecule has 0 radical (unpaired) electrons. The van der Waals surface area contributed by atoms with Gasteiger partial charge >= 0.3 is 0 Å². The van der Waals surface area contributed by atoms with Gasteiger partial charge in [-0.05, 0) is 56.8 Å². The minimum absolute atomic E-state index is 0.